The standard InChI is InChI=1S/C7H8.C5H8O/c1-7-5-3-2-4-6-7;1-4(6)5-2-3-5/h2-6H,1H3;5H,2-3H2,1H3. The summed E-state index contributed by atoms with van der Waals surface area (Å²) in [5.74, 6) is 0.833. The Morgan fingerprint density at radius 3 is 1.92 bits per heavy atom. The number of hydrogen-bond donors (Lipinski definition) is 0. The third-order valence-corrected chi connectivity index (χ3v) is 2.09. The molecular formula is C12H16O. The van der Waals surface area contributed by atoms with Crippen LogP contribution in [0, 0.1) is 12.8 Å². The predicted molar refractivity (Wildman–Crippen MR) is 54.6 cm³/mol. The molecule has 0 radical (unpaired) electrons. The zero-order valence-electron chi connectivity index (χ0n) is 8.29. The summed E-state index contributed by atoms with van der Waals surface area (Å²) in [5, 5.41) is 0. The molecule has 0 heterocycles. The quantitative estimate of drug-likeness (QED) is 0.643. The fourth-order valence-corrected chi connectivity index (χ4v) is 1.02. The SMILES string of the molecule is CC(=O)C1CC1.Cc1ccccc1. The average Bonchev–Trinajstić information content (AvgIpc) is 2.88. The van der Waals surface area contributed by atoms with E-state index < -0.39 is 0 Å². The van der Waals surface area contributed by atoms with Crippen molar-refractivity contribution in [2.45, 2.75) is 26.7 Å². The van der Waals surface area contributed by atoms with E-state index in [1.54, 1.807) is 6.92 Å². The van der Waals surface area contributed by atoms with E-state index in [2.05, 4.69) is 19.1 Å². The van der Waals surface area contributed by atoms with Gasteiger partial charge in [-0.1, -0.05) is 35.9 Å². The first kappa shape index (κ1) is 9.97. The summed E-state index contributed by atoms with van der Waals surface area (Å²) < 4.78 is 0. The number of carbonyl (C=O) groups is 1. The lowest BCUT2D eigenvalue weighted by atomic mass is 10.2. The van der Waals surface area contributed by atoms with Gasteiger partial charge in [-0.05, 0) is 26.7 Å². The summed E-state index contributed by atoms with van der Waals surface area (Å²) in [6.45, 7) is 3.75. The van der Waals surface area contributed by atoms with Crippen LogP contribution in [0.4, 0.5) is 0 Å². The number of Topliss-reactive ketones (excluding diaryl/α,β-unsaturated/α-hetero) is 1. The van der Waals surface area contributed by atoms with Gasteiger partial charge in [0.25, 0.3) is 0 Å². The molecule has 0 aromatic heterocycles. The number of aryl methyl sites for hydroxylation is 1. The maximum atomic E-state index is 10.2. The van der Waals surface area contributed by atoms with Crippen molar-refractivity contribution in [2.75, 3.05) is 0 Å². The number of ketones is 1. The molecule has 1 saturated carbocycles. The second kappa shape index (κ2) is 4.80. The van der Waals surface area contributed by atoms with Crippen LogP contribution in [0.1, 0.15) is 25.3 Å². The topological polar surface area (TPSA) is 17.1 Å². The number of rotatable bonds is 1. The molecule has 13 heavy (non-hydrogen) atoms. The Labute approximate surface area is 79.8 Å². The number of hydrogen-bond acceptors (Lipinski definition) is 1. The molecule has 1 nitrogen and oxygen atoms in total. The van der Waals surface area contributed by atoms with Gasteiger partial charge in [0.05, 0.1) is 0 Å². The highest BCUT2D eigenvalue weighted by Crippen LogP contribution is 2.29. The predicted octanol–water partition coefficient (Wildman–Crippen LogP) is 2.98. The van der Waals surface area contributed by atoms with E-state index in [9.17, 15) is 4.79 Å². The lowest BCUT2D eigenvalue weighted by Gasteiger charge is -1.82. The first-order chi connectivity index (χ1) is 6.20. The summed E-state index contributed by atoms with van der Waals surface area (Å²) >= 11 is 0. The van der Waals surface area contributed by atoms with Crippen LogP contribution in [0.3, 0.4) is 0 Å². The molecule has 1 aromatic carbocycles. The first-order valence-electron chi connectivity index (χ1n) is 4.72. The summed E-state index contributed by atoms with van der Waals surface area (Å²) in [7, 11) is 0. The van der Waals surface area contributed by atoms with Crippen molar-refractivity contribution in [3.63, 3.8) is 0 Å². The van der Waals surface area contributed by atoms with Crippen molar-refractivity contribution in [1.82, 2.24) is 0 Å². The molecule has 1 aromatic rings. The molecule has 0 unspecified atom stereocenters. The molecule has 0 bridgehead atoms. The first-order valence-corrected chi connectivity index (χ1v) is 4.72. The van der Waals surface area contributed by atoms with Gasteiger partial charge in [0.2, 0.25) is 0 Å². The van der Waals surface area contributed by atoms with Gasteiger partial charge >= 0.3 is 0 Å². The van der Waals surface area contributed by atoms with E-state index in [1.807, 2.05) is 18.2 Å². The van der Waals surface area contributed by atoms with Crippen molar-refractivity contribution < 1.29 is 4.79 Å². The van der Waals surface area contributed by atoms with Crippen LogP contribution in [0.2, 0.25) is 0 Å². The molecule has 2 rings (SSSR count). The number of carbonyl (C=O) groups excluding carboxylic acids is 1. The van der Waals surface area contributed by atoms with Crippen molar-refractivity contribution in [3.05, 3.63) is 35.9 Å². The highest BCUT2D eigenvalue weighted by molar-refractivity contribution is 5.80. The maximum absolute atomic E-state index is 10.2. The van der Waals surface area contributed by atoms with Gasteiger partial charge in [0.1, 0.15) is 5.78 Å². The zero-order chi connectivity index (χ0) is 9.68. The monoisotopic (exact) mass is 176 g/mol. The minimum Gasteiger partial charge on any atom is -0.300 e. The Kier molecular flexibility index (Phi) is 3.69. The third kappa shape index (κ3) is 4.46. The molecule has 0 aliphatic heterocycles. The van der Waals surface area contributed by atoms with Crippen LogP contribution in [-0.4, -0.2) is 5.78 Å². The molecule has 0 atom stereocenters. The van der Waals surface area contributed by atoms with E-state index in [-0.39, 0.29) is 0 Å². The van der Waals surface area contributed by atoms with E-state index in [0.717, 1.165) is 12.8 Å². The molecular weight excluding hydrogens is 160 g/mol. The lowest BCUT2D eigenvalue weighted by molar-refractivity contribution is -0.118. The molecule has 1 heteroatoms. The fraction of sp³-hybridized carbons (Fsp3) is 0.417. The van der Waals surface area contributed by atoms with Gasteiger partial charge in [-0.2, -0.15) is 0 Å². The van der Waals surface area contributed by atoms with Gasteiger partial charge in [-0.25, -0.2) is 0 Å². The Morgan fingerprint density at radius 1 is 1.23 bits per heavy atom. The van der Waals surface area contributed by atoms with Crippen molar-refractivity contribution in [2.24, 2.45) is 5.92 Å². The van der Waals surface area contributed by atoms with Crippen molar-refractivity contribution in [3.8, 4) is 0 Å². The van der Waals surface area contributed by atoms with Gasteiger partial charge < -0.3 is 0 Å². The van der Waals surface area contributed by atoms with E-state index in [0.29, 0.717) is 11.7 Å². The number of benzene rings is 1. The van der Waals surface area contributed by atoms with Crippen LogP contribution >= 0.6 is 0 Å². The summed E-state index contributed by atoms with van der Waals surface area (Å²) in [6, 6.07) is 10.3. The van der Waals surface area contributed by atoms with Crippen LogP contribution in [0.15, 0.2) is 30.3 Å². The average molecular weight is 176 g/mol. The summed E-state index contributed by atoms with van der Waals surface area (Å²) in [4.78, 5) is 10.2. The minimum absolute atomic E-state index is 0.370. The highest BCUT2D eigenvalue weighted by atomic mass is 16.1. The molecule has 0 spiro atoms. The van der Waals surface area contributed by atoms with E-state index in [4.69, 9.17) is 0 Å². The maximum Gasteiger partial charge on any atom is 0.132 e. The van der Waals surface area contributed by atoms with Crippen molar-refractivity contribution >= 4 is 5.78 Å². The molecule has 1 fully saturated rings. The molecule has 0 N–H and O–H groups in total. The molecule has 0 saturated heterocycles. The van der Waals surface area contributed by atoms with Gasteiger partial charge in [-0.15, -0.1) is 0 Å². The largest absolute Gasteiger partial charge is 0.300 e. The second-order valence-corrected chi connectivity index (χ2v) is 3.54. The Morgan fingerprint density at radius 2 is 1.77 bits per heavy atom. The third-order valence-electron chi connectivity index (χ3n) is 2.09. The molecule has 70 valence electrons. The van der Waals surface area contributed by atoms with Crippen LogP contribution < -0.4 is 0 Å². The highest BCUT2D eigenvalue weighted by Gasteiger charge is 2.25. The van der Waals surface area contributed by atoms with Crippen LogP contribution in [0.5, 0.6) is 0 Å². The Hall–Kier alpha value is -1.11. The van der Waals surface area contributed by atoms with Gasteiger partial charge in [0, 0.05) is 5.92 Å². The minimum atomic E-state index is 0.370. The summed E-state index contributed by atoms with van der Waals surface area (Å²) in [5.41, 5.74) is 1.32. The fourth-order valence-electron chi connectivity index (χ4n) is 1.02. The van der Waals surface area contributed by atoms with E-state index in [1.165, 1.54) is 5.56 Å². The summed E-state index contributed by atoms with van der Waals surface area (Å²) in [6.07, 6.45) is 2.30. The Balaban J connectivity index is 0.000000132. The lowest BCUT2D eigenvalue weighted by Crippen LogP contribution is -1.88. The normalized spacial score (nSPS) is 14.3. The van der Waals surface area contributed by atoms with Crippen molar-refractivity contribution in [1.29, 1.82) is 0 Å². The van der Waals surface area contributed by atoms with Gasteiger partial charge in [0.15, 0.2) is 0 Å². The molecule has 0 amide bonds. The second-order valence-electron chi connectivity index (χ2n) is 3.54. The van der Waals surface area contributed by atoms with Crippen LogP contribution in [0.25, 0.3) is 0 Å². The molecule has 1 aliphatic carbocycles. The zero-order valence-corrected chi connectivity index (χ0v) is 8.29. The van der Waals surface area contributed by atoms with E-state index >= 15 is 0 Å². The van der Waals surface area contributed by atoms with Crippen LogP contribution in [-0.2, 0) is 4.79 Å². The van der Waals surface area contributed by atoms with Gasteiger partial charge in [-0.3, -0.25) is 4.79 Å². The smallest absolute Gasteiger partial charge is 0.132 e. The Bertz CT molecular complexity index is 260. The molecule has 1 aliphatic rings.